The van der Waals surface area contributed by atoms with E-state index in [1.165, 1.54) is 6.07 Å². The summed E-state index contributed by atoms with van der Waals surface area (Å²) < 4.78 is 105. The van der Waals surface area contributed by atoms with Crippen LogP contribution in [0.25, 0.3) is 5.52 Å². The van der Waals surface area contributed by atoms with Gasteiger partial charge in [-0.1, -0.05) is 0 Å². The van der Waals surface area contributed by atoms with Crippen molar-refractivity contribution in [1.82, 2.24) is 14.6 Å². The Balaban J connectivity index is 1.78. The number of ether oxygens (including phenoxy) is 2. The van der Waals surface area contributed by atoms with Crippen LogP contribution in [-0.2, 0) is 19.4 Å². The summed E-state index contributed by atoms with van der Waals surface area (Å²) in [7, 11) is -1.97. The van der Waals surface area contributed by atoms with Crippen molar-refractivity contribution in [2.75, 3.05) is 37.2 Å². The van der Waals surface area contributed by atoms with Crippen LogP contribution in [0.1, 0.15) is 6.42 Å². The summed E-state index contributed by atoms with van der Waals surface area (Å²) in [5.74, 6) is -4.39. The molecule has 0 aliphatic carbocycles. The van der Waals surface area contributed by atoms with Gasteiger partial charge in [-0.05, 0) is 18.2 Å². The predicted molar refractivity (Wildman–Crippen MR) is 119 cm³/mol. The number of hydrogen-bond acceptors (Lipinski definition) is 8. The number of sulfone groups is 1. The molecule has 1 amide bonds. The maximum atomic E-state index is 14.4. The fourth-order valence-corrected chi connectivity index (χ4v) is 4.95. The maximum Gasteiger partial charge on any atom is 0.419 e. The summed E-state index contributed by atoms with van der Waals surface area (Å²) in [6.45, 7) is -0.927. The SMILES string of the molecule is COc1c(N2CC(OC)(C(F)(F)F)CC2C(=O)Nc2cnn3c(S(C)(=O)=O)nccc23)ccc(F)c1F. The zero-order chi connectivity index (χ0) is 27.3. The summed E-state index contributed by atoms with van der Waals surface area (Å²) >= 11 is 0. The molecule has 0 spiro atoms. The first-order valence-corrected chi connectivity index (χ1v) is 12.4. The van der Waals surface area contributed by atoms with E-state index in [2.05, 4.69) is 15.4 Å². The number of aromatic nitrogens is 3. The molecular formula is C21H20F5N5O5S. The van der Waals surface area contributed by atoms with Crippen LogP contribution in [0, 0.1) is 11.6 Å². The molecule has 10 nitrogen and oxygen atoms in total. The molecule has 16 heteroatoms. The number of nitrogens with zero attached hydrogens (tertiary/aromatic N) is 4. The largest absolute Gasteiger partial charge is 0.491 e. The lowest BCUT2D eigenvalue weighted by atomic mass is 9.99. The molecule has 3 aromatic rings. The Morgan fingerprint density at radius 2 is 1.92 bits per heavy atom. The number of benzene rings is 1. The van der Waals surface area contributed by atoms with E-state index in [9.17, 15) is 35.2 Å². The average Bonchev–Trinajstić information content (AvgIpc) is 3.42. The fourth-order valence-electron chi connectivity index (χ4n) is 4.23. The first-order chi connectivity index (χ1) is 17.2. The van der Waals surface area contributed by atoms with E-state index in [1.54, 1.807) is 0 Å². The Morgan fingerprint density at radius 1 is 1.22 bits per heavy atom. The van der Waals surface area contributed by atoms with Crippen LogP contribution < -0.4 is 15.0 Å². The van der Waals surface area contributed by atoms with E-state index in [1.807, 2.05) is 0 Å². The Hall–Kier alpha value is -3.53. The van der Waals surface area contributed by atoms with Gasteiger partial charge in [-0.2, -0.15) is 22.7 Å². The van der Waals surface area contributed by atoms with Crippen LogP contribution in [-0.4, -0.2) is 73.8 Å². The maximum absolute atomic E-state index is 14.4. The number of nitrogens with one attached hydrogen (secondary N) is 1. The topological polar surface area (TPSA) is 115 Å². The second-order valence-electron chi connectivity index (χ2n) is 8.30. The van der Waals surface area contributed by atoms with Crippen molar-refractivity contribution in [3.63, 3.8) is 0 Å². The van der Waals surface area contributed by atoms with Crippen molar-refractivity contribution >= 4 is 32.6 Å². The minimum atomic E-state index is -4.93. The van der Waals surface area contributed by atoms with Crippen LogP contribution in [0.4, 0.5) is 33.3 Å². The third-order valence-electron chi connectivity index (χ3n) is 6.07. The quantitative estimate of drug-likeness (QED) is 0.369. The number of hydrogen-bond donors (Lipinski definition) is 1. The molecular weight excluding hydrogens is 529 g/mol. The van der Waals surface area contributed by atoms with Gasteiger partial charge < -0.3 is 19.7 Å². The summed E-state index contributed by atoms with van der Waals surface area (Å²) in [6.07, 6.45) is -2.65. The molecule has 1 saturated heterocycles. The number of alkyl halides is 3. The molecule has 1 N–H and O–H groups in total. The molecule has 0 bridgehead atoms. The Kier molecular flexibility index (Phi) is 6.52. The zero-order valence-electron chi connectivity index (χ0n) is 19.5. The Bertz CT molecular complexity index is 1480. The number of carbonyl (C=O) groups is 1. The van der Waals surface area contributed by atoms with Crippen molar-refractivity contribution < 1.29 is 44.6 Å². The van der Waals surface area contributed by atoms with Crippen molar-refractivity contribution in [3.05, 3.63) is 42.2 Å². The Morgan fingerprint density at radius 3 is 2.51 bits per heavy atom. The van der Waals surface area contributed by atoms with E-state index < -0.39 is 69.1 Å². The van der Waals surface area contributed by atoms with Crippen LogP contribution in [0.15, 0.2) is 35.7 Å². The molecule has 1 aromatic carbocycles. The number of amides is 1. The number of rotatable bonds is 6. The molecule has 2 atom stereocenters. The summed E-state index contributed by atoms with van der Waals surface area (Å²) in [5.41, 5.74) is -3.03. The van der Waals surface area contributed by atoms with E-state index in [-0.39, 0.29) is 16.9 Å². The number of halogens is 5. The molecule has 2 unspecified atom stereocenters. The third kappa shape index (κ3) is 4.43. The molecule has 1 aliphatic heterocycles. The van der Waals surface area contributed by atoms with Crippen LogP contribution in [0.3, 0.4) is 0 Å². The predicted octanol–water partition coefficient (Wildman–Crippen LogP) is 2.58. The molecule has 2 aromatic heterocycles. The van der Waals surface area contributed by atoms with Gasteiger partial charge in [0.25, 0.3) is 0 Å². The van der Waals surface area contributed by atoms with Gasteiger partial charge in [-0.15, -0.1) is 0 Å². The highest BCUT2D eigenvalue weighted by Gasteiger charge is 2.63. The molecule has 4 rings (SSSR count). The molecule has 3 heterocycles. The van der Waals surface area contributed by atoms with Gasteiger partial charge in [0, 0.05) is 26.0 Å². The number of fused-ring (bicyclic) bond motifs is 1. The second-order valence-corrected chi connectivity index (χ2v) is 10.2. The lowest BCUT2D eigenvalue weighted by Gasteiger charge is -2.31. The summed E-state index contributed by atoms with van der Waals surface area (Å²) in [5, 5.41) is 5.93. The number of methoxy groups -OCH3 is 2. The fraction of sp³-hybridized carbons (Fsp3) is 0.381. The molecule has 0 saturated carbocycles. The van der Waals surface area contributed by atoms with E-state index in [0.717, 1.165) is 48.4 Å². The van der Waals surface area contributed by atoms with Crippen molar-refractivity contribution in [2.24, 2.45) is 0 Å². The highest BCUT2D eigenvalue weighted by Crippen LogP contribution is 2.47. The first-order valence-electron chi connectivity index (χ1n) is 10.5. The molecule has 0 radical (unpaired) electrons. The van der Waals surface area contributed by atoms with Gasteiger partial charge in [0.2, 0.25) is 26.7 Å². The summed E-state index contributed by atoms with van der Waals surface area (Å²) in [6, 6.07) is 1.45. The smallest absolute Gasteiger partial charge is 0.419 e. The van der Waals surface area contributed by atoms with E-state index >= 15 is 0 Å². The van der Waals surface area contributed by atoms with Crippen LogP contribution in [0.2, 0.25) is 0 Å². The lowest BCUT2D eigenvalue weighted by Crippen LogP contribution is -2.49. The van der Waals surface area contributed by atoms with Gasteiger partial charge in [-0.25, -0.2) is 22.3 Å². The van der Waals surface area contributed by atoms with Crippen molar-refractivity contribution in [3.8, 4) is 5.75 Å². The standard InChI is InChI=1S/C21H20F5N5O5S/c1-35-17-14(5-4-11(22)16(17)23)30-10-20(36-2,21(24,25)26)8-15(30)18(32)29-12-9-28-31-13(12)6-7-27-19(31)37(3,33)34/h4-7,9,15H,8,10H2,1-3H3,(H,29,32). The average molecular weight is 549 g/mol. The van der Waals surface area contributed by atoms with Gasteiger partial charge in [0.05, 0.1) is 36.7 Å². The lowest BCUT2D eigenvalue weighted by molar-refractivity contribution is -0.261. The normalized spacial score (nSPS) is 20.4. The minimum absolute atomic E-state index is 0.0172. The van der Waals surface area contributed by atoms with Gasteiger partial charge in [0.1, 0.15) is 6.04 Å². The van der Waals surface area contributed by atoms with E-state index in [0.29, 0.717) is 6.07 Å². The van der Waals surface area contributed by atoms with E-state index in [4.69, 9.17) is 9.47 Å². The highest BCUT2D eigenvalue weighted by atomic mass is 32.2. The number of carbonyl (C=O) groups excluding carboxylic acids is 1. The van der Waals surface area contributed by atoms with Crippen LogP contribution >= 0.6 is 0 Å². The molecule has 200 valence electrons. The van der Waals surface area contributed by atoms with Crippen molar-refractivity contribution in [2.45, 2.75) is 29.4 Å². The molecule has 1 aliphatic rings. The van der Waals surface area contributed by atoms with Crippen LogP contribution in [0.5, 0.6) is 5.75 Å². The monoisotopic (exact) mass is 549 g/mol. The van der Waals surface area contributed by atoms with Gasteiger partial charge >= 0.3 is 6.18 Å². The highest BCUT2D eigenvalue weighted by molar-refractivity contribution is 7.90. The Labute approximate surface area is 206 Å². The summed E-state index contributed by atoms with van der Waals surface area (Å²) in [4.78, 5) is 18.0. The van der Waals surface area contributed by atoms with Gasteiger partial charge in [-0.3, -0.25) is 4.79 Å². The first kappa shape index (κ1) is 26.5. The van der Waals surface area contributed by atoms with Gasteiger partial charge in [0.15, 0.2) is 17.2 Å². The minimum Gasteiger partial charge on any atom is -0.491 e. The zero-order valence-corrected chi connectivity index (χ0v) is 20.3. The molecule has 37 heavy (non-hydrogen) atoms. The second kappa shape index (κ2) is 9.09. The number of anilines is 2. The third-order valence-corrected chi connectivity index (χ3v) is 7.01. The molecule has 1 fully saturated rings. The van der Waals surface area contributed by atoms with Crippen molar-refractivity contribution in [1.29, 1.82) is 0 Å².